The summed E-state index contributed by atoms with van der Waals surface area (Å²) in [5.74, 6) is -2.78. The number of carboxylic acid groups (broad SMARTS) is 2. The van der Waals surface area contributed by atoms with Crippen molar-refractivity contribution in [2.45, 2.75) is 13.0 Å². The van der Waals surface area contributed by atoms with Gasteiger partial charge in [0.1, 0.15) is 17.4 Å². The van der Waals surface area contributed by atoms with Crippen LogP contribution in [-0.2, 0) is 9.59 Å². The third-order valence-corrected chi connectivity index (χ3v) is 2.47. The zero-order valence-electron chi connectivity index (χ0n) is 11.1. The van der Waals surface area contributed by atoms with E-state index in [0.717, 1.165) is 0 Å². The molecule has 116 valence electrons. The van der Waals surface area contributed by atoms with Gasteiger partial charge in [-0.3, -0.25) is 4.79 Å². The fourth-order valence-corrected chi connectivity index (χ4v) is 1.40. The van der Waals surface area contributed by atoms with Gasteiger partial charge in [0.15, 0.2) is 0 Å². The smallest absolute Gasteiger partial charge is 0.339 e. The van der Waals surface area contributed by atoms with Crippen molar-refractivity contribution in [1.82, 2.24) is 5.32 Å². The number of thiol groups is 1. The van der Waals surface area contributed by atoms with Crippen molar-refractivity contribution >= 4 is 36.2 Å². The van der Waals surface area contributed by atoms with Crippen molar-refractivity contribution < 1.29 is 29.7 Å². The Kier molecular flexibility index (Phi) is 7.69. The van der Waals surface area contributed by atoms with E-state index in [1.165, 1.54) is 25.1 Å². The molecule has 0 heterocycles. The maximum Gasteiger partial charge on any atom is 0.339 e. The van der Waals surface area contributed by atoms with Gasteiger partial charge in [0.2, 0.25) is 5.91 Å². The number of nitrogens with one attached hydrogen (secondary N) is 1. The molecule has 1 atom stereocenters. The Hall–Kier alpha value is -2.42. The maximum absolute atomic E-state index is 10.4. The van der Waals surface area contributed by atoms with Gasteiger partial charge >= 0.3 is 11.9 Å². The Morgan fingerprint density at radius 2 is 1.90 bits per heavy atom. The summed E-state index contributed by atoms with van der Waals surface area (Å²) in [5.41, 5.74) is 5.43. The Morgan fingerprint density at radius 3 is 2.19 bits per heavy atom. The van der Waals surface area contributed by atoms with Gasteiger partial charge in [0.25, 0.3) is 0 Å². The van der Waals surface area contributed by atoms with Crippen LogP contribution >= 0.6 is 12.6 Å². The van der Waals surface area contributed by atoms with Crippen molar-refractivity contribution in [3.63, 3.8) is 0 Å². The SMILES string of the molecule is CC(=O)NC(CS)C(=O)O.Nc1ccc(O)c(C(=O)O)c1. The van der Waals surface area contributed by atoms with Gasteiger partial charge in [-0.25, -0.2) is 9.59 Å². The summed E-state index contributed by atoms with van der Waals surface area (Å²) < 4.78 is 0. The molecule has 1 aromatic carbocycles. The summed E-state index contributed by atoms with van der Waals surface area (Å²) in [6, 6.07) is 3.01. The van der Waals surface area contributed by atoms with Gasteiger partial charge < -0.3 is 26.4 Å². The number of carbonyl (C=O) groups excluding carboxylic acids is 1. The van der Waals surface area contributed by atoms with E-state index < -0.39 is 18.0 Å². The van der Waals surface area contributed by atoms with Crippen molar-refractivity contribution in [3.8, 4) is 5.75 Å². The number of carboxylic acids is 2. The van der Waals surface area contributed by atoms with Crippen LogP contribution < -0.4 is 11.1 Å². The summed E-state index contributed by atoms with van der Waals surface area (Å²) in [5, 5.41) is 28.0. The lowest BCUT2D eigenvalue weighted by Crippen LogP contribution is -2.40. The average Bonchev–Trinajstić information content (AvgIpc) is 2.38. The predicted molar refractivity (Wildman–Crippen MR) is 78.6 cm³/mol. The molecule has 21 heavy (non-hydrogen) atoms. The summed E-state index contributed by atoms with van der Waals surface area (Å²) >= 11 is 3.73. The van der Waals surface area contributed by atoms with Gasteiger partial charge in [-0.2, -0.15) is 12.6 Å². The van der Waals surface area contributed by atoms with Crippen molar-refractivity contribution in [3.05, 3.63) is 23.8 Å². The normalized spacial score (nSPS) is 10.8. The number of nitrogen functional groups attached to an aromatic ring is 1. The topological polar surface area (TPSA) is 150 Å². The number of amides is 1. The maximum atomic E-state index is 10.4. The third-order valence-electron chi connectivity index (χ3n) is 2.11. The first kappa shape index (κ1) is 18.6. The van der Waals surface area contributed by atoms with E-state index in [1.54, 1.807) is 0 Å². The van der Waals surface area contributed by atoms with E-state index in [-0.39, 0.29) is 23.0 Å². The number of hydrogen-bond donors (Lipinski definition) is 6. The number of aromatic hydroxyl groups is 1. The number of benzene rings is 1. The van der Waals surface area contributed by atoms with E-state index in [9.17, 15) is 14.4 Å². The van der Waals surface area contributed by atoms with Gasteiger partial charge in [0, 0.05) is 18.4 Å². The van der Waals surface area contributed by atoms with Crippen LogP contribution in [0.2, 0.25) is 0 Å². The van der Waals surface area contributed by atoms with E-state index in [2.05, 4.69) is 17.9 Å². The summed E-state index contributed by atoms with van der Waals surface area (Å²) in [4.78, 5) is 30.9. The van der Waals surface area contributed by atoms with E-state index in [0.29, 0.717) is 5.69 Å². The molecule has 0 saturated heterocycles. The minimum Gasteiger partial charge on any atom is -0.507 e. The van der Waals surface area contributed by atoms with Crippen LogP contribution in [0, 0.1) is 0 Å². The number of hydrogen-bond acceptors (Lipinski definition) is 6. The summed E-state index contributed by atoms with van der Waals surface area (Å²) in [6.45, 7) is 1.26. The first-order valence-corrected chi connectivity index (χ1v) is 6.24. The zero-order valence-corrected chi connectivity index (χ0v) is 12.0. The fourth-order valence-electron chi connectivity index (χ4n) is 1.16. The molecule has 1 unspecified atom stereocenters. The van der Waals surface area contributed by atoms with Gasteiger partial charge in [-0.05, 0) is 18.2 Å². The molecule has 0 radical (unpaired) electrons. The number of rotatable bonds is 4. The van der Waals surface area contributed by atoms with Crippen LogP contribution in [0.3, 0.4) is 0 Å². The molecule has 0 fully saturated rings. The van der Waals surface area contributed by atoms with E-state index >= 15 is 0 Å². The number of aliphatic carboxylic acids is 1. The lowest BCUT2D eigenvalue weighted by Gasteiger charge is -2.08. The van der Waals surface area contributed by atoms with Gasteiger partial charge in [-0.15, -0.1) is 0 Å². The summed E-state index contributed by atoms with van der Waals surface area (Å²) in [7, 11) is 0. The van der Waals surface area contributed by atoms with Crippen molar-refractivity contribution in [2.75, 3.05) is 11.5 Å². The van der Waals surface area contributed by atoms with Crippen molar-refractivity contribution in [2.24, 2.45) is 0 Å². The molecule has 0 bridgehead atoms. The highest BCUT2D eigenvalue weighted by Crippen LogP contribution is 2.18. The molecule has 0 aromatic heterocycles. The third kappa shape index (κ3) is 7.06. The number of phenols is 1. The Morgan fingerprint density at radius 1 is 1.33 bits per heavy atom. The Labute approximate surface area is 126 Å². The molecule has 8 nitrogen and oxygen atoms in total. The minimum absolute atomic E-state index is 0.106. The lowest BCUT2D eigenvalue weighted by atomic mass is 10.2. The van der Waals surface area contributed by atoms with Crippen LogP contribution in [0.1, 0.15) is 17.3 Å². The molecular formula is C12H16N2O6S. The Bertz CT molecular complexity index is 534. The highest BCUT2D eigenvalue weighted by molar-refractivity contribution is 7.80. The first-order chi connectivity index (χ1) is 9.68. The predicted octanol–water partition coefficient (Wildman–Crippen LogP) is 0.178. The fraction of sp³-hybridized carbons (Fsp3) is 0.250. The quantitative estimate of drug-likeness (QED) is 0.263. The zero-order chi connectivity index (χ0) is 16.6. The van der Waals surface area contributed by atoms with Gasteiger partial charge in [0.05, 0.1) is 0 Å². The molecule has 0 aliphatic carbocycles. The molecule has 9 heteroatoms. The highest BCUT2D eigenvalue weighted by Gasteiger charge is 2.15. The number of nitrogens with two attached hydrogens (primary N) is 1. The average molecular weight is 316 g/mol. The lowest BCUT2D eigenvalue weighted by molar-refractivity contribution is -0.140. The number of anilines is 1. The monoisotopic (exact) mass is 316 g/mol. The number of aromatic carboxylic acids is 1. The standard InChI is InChI=1S/C7H7NO3.C5H9NO3S/c8-4-1-2-6(9)5(3-4)7(10)11;1-3(7)6-4(2-10)5(8)9/h1-3,9H,8H2,(H,10,11);4,10H,2H2,1H3,(H,6,7)(H,8,9). The van der Waals surface area contributed by atoms with Crippen LogP contribution in [0.25, 0.3) is 0 Å². The molecular weight excluding hydrogens is 300 g/mol. The van der Waals surface area contributed by atoms with E-state index in [4.69, 9.17) is 21.1 Å². The highest BCUT2D eigenvalue weighted by atomic mass is 32.1. The number of carbonyl (C=O) groups is 3. The molecule has 6 N–H and O–H groups in total. The molecule has 1 amide bonds. The molecule has 0 aliphatic heterocycles. The molecule has 0 aliphatic rings. The van der Waals surface area contributed by atoms with E-state index in [1.807, 2.05) is 0 Å². The minimum atomic E-state index is -1.19. The molecule has 1 rings (SSSR count). The largest absolute Gasteiger partial charge is 0.507 e. The van der Waals surface area contributed by atoms with Gasteiger partial charge in [-0.1, -0.05) is 0 Å². The molecule has 1 aromatic rings. The first-order valence-electron chi connectivity index (χ1n) is 5.61. The second-order valence-corrected chi connectivity index (χ2v) is 4.22. The molecule has 0 saturated carbocycles. The second-order valence-electron chi connectivity index (χ2n) is 3.86. The van der Waals surface area contributed by atoms with Crippen LogP contribution in [0.15, 0.2) is 18.2 Å². The second kappa shape index (κ2) is 8.69. The molecule has 0 spiro atoms. The van der Waals surface area contributed by atoms with Crippen LogP contribution in [0.5, 0.6) is 5.75 Å². The van der Waals surface area contributed by atoms with Crippen LogP contribution in [0.4, 0.5) is 5.69 Å². The van der Waals surface area contributed by atoms with Crippen molar-refractivity contribution in [1.29, 1.82) is 0 Å². The van der Waals surface area contributed by atoms with Crippen LogP contribution in [-0.4, -0.2) is 45.0 Å². The summed E-state index contributed by atoms with van der Waals surface area (Å²) in [6.07, 6.45) is 0. The Balaban J connectivity index is 0.000000384.